The number of nitrogens with one attached hydrogen (secondary N) is 1. The summed E-state index contributed by atoms with van der Waals surface area (Å²) in [6.45, 7) is 2.59. The van der Waals surface area contributed by atoms with Gasteiger partial charge in [0, 0.05) is 11.6 Å². The molecule has 3 rings (SSSR count). The van der Waals surface area contributed by atoms with Gasteiger partial charge in [0.05, 0.1) is 12.3 Å². The lowest BCUT2D eigenvalue weighted by molar-refractivity contribution is 0.342. The van der Waals surface area contributed by atoms with E-state index in [0.29, 0.717) is 12.4 Å². The molecular formula is C15H15N3O. The standard InChI is InChI=1S/C15H15N3O/c1-2-19-13-8-7-10-5-3-4-6-11(10)15(13)12-9-14(16)18-17-12/h3-9H,2H2,1H3,(H3,16,17,18). The van der Waals surface area contributed by atoms with Gasteiger partial charge in [-0.15, -0.1) is 0 Å². The van der Waals surface area contributed by atoms with Gasteiger partial charge < -0.3 is 10.5 Å². The van der Waals surface area contributed by atoms with Crippen LogP contribution in [0.5, 0.6) is 5.75 Å². The fraction of sp³-hybridized carbons (Fsp3) is 0.133. The average Bonchev–Trinajstić information content (AvgIpc) is 2.85. The fourth-order valence-corrected chi connectivity index (χ4v) is 2.27. The number of nitrogens with zero attached hydrogens (tertiary/aromatic N) is 1. The predicted molar refractivity (Wildman–Crippen MR) is 77.1 cm³/mol. The molecule has 96 valence electrons. The zero-order valence-corrected chi connectivity index (χ0v) is 10.7. The molecule has 0 bridgehead atoms. The summed E-state index contributed by atoms with van der Waals surface area (Å²) < 4.78 is 5.72. The first kappa shape index (κ1) is 11.6. The Balaban J connectivity index is 2.31. The Labute approximate surface area is 111 Å². The van der Waals surface area contributed by atoms with Crippen molar-refractivity contribution in [2.24, 2.45) is 0 Å². The van der Waals surface area contributed by atoms with Crippen molar-refractivity contribution < 1.29 is 4.74 Å². The molecule has 0 amide bonds. The van der Waals surface area contributed by atoms with Crippen molar-refractivity contribution >= 4 is 16.6 Å². The van der Waals surface area contributed by atoms with E-state index >= 15 is 0 Å². The van der Waals surface area contributed by atoms with Crippen molar-refractivity contribution in [2.75, 3.05) is 12.3 Å². The van der Waals surface area contributed by atoms with E-state index in [9.17, 15) is 0 Å². The summed E-state index contributed by atoms with van der Waals surface area (Å²) in [6.07, 6.45) is 0. The molecule has 1 aromatic heterocycles. The first-order chi connectivity index (χ1) is 9.29. The molecule has 0 atom stereocenters. The third-order valence-electron chi connectivity index (χ3n) is 3.06. The van der Waals surface area contributed by atoms with E-state index < -0.39 is 0 Å². The van der Waals surface area contributed by atoms with Crippen molar-refractivity contribution in [1.29, 1.82) is 0 Å². The summed E-state index contributed by atoms with van der Waals surface area (Å²) in [7, 11) is 0. The van der Waals surface area contributed by atoms with Crippen molar-refractivity contribution in [3.63, 3.8) is 0 Å². The number of nitrogens with two attached hydrogens (primary N) is 1. The van der Waals surface area contributed by atoms with Crippen LogP contribution >= 0.6 is 0 Å². The molecule has 4 heteroatoms. The Hall–Kier alpha value is -2.49. The predicted octanol–water partition coefficient (Wildman–Crippen LogP) is 3.21. The van der Waals surface area contributed by atoms with Gasteiger partial charge in [0.2, 0.25) is 0 Å². The van der Waals surface area contributed by atoms with Gasteiger partial charge in [-0.25, -0.2) is 0 Å². The Kier molecular flexibility index (Phi) is 2.83. The molecule has 0 aliphatic rings. The molecule has 1 heterocycles. The van der Waals surface area contributed by atoms with Crippen LogP contribution in [0.2, 0.25) is 0 Å². The number of anilines is 1. The minimum atomic E-state index is 0.477. The number of hydrogen-bond donors (Lipinski definition) is 2. The molecule has 4 nitrogen and oxygen atoms in total. The minimum absolute atomic E-state index is 0.477. The maximum Gasteiger partial charge on any atom is 0.145 e. The maximum atomic E-state index is 5.72. The molecular weight excluding hydrogens is 238 g/mol. The van der Waals surface area contributed by atoms with Crippen molar-refractivity contribution in [3.05, 3.63) is 42.5 Å². The molecule has 0 radical (unpaired) electrons. The zero-order valence-electron chi connectivity index (χ0n) is 10.7. The highest BCUT2D eigenvalue weighted by molar-refractivity contribution is 5.99. The highest BCUT2D eigenvalue weighted by Gasteiger charge is 2.12. The molecule has 3 aromatic rings. The molecule has 0 unspecified atom stereocenters. The summed E-state index contributed by atoms with van der Waals surface area (Å²) in [6, 6.07) is 14.1. The lowest BCUT2D eigenvalue weighted by atomic mass is 10.0. The Bertz CT molecular complexity index is 718. The molecule has 0 fully saturated rings. The second kappa shape index (κ2) is 4.65. The highest BCUT2D eigenvalue weighted by Crippen LogP contribution is 2.36. The zero-order chi connectivity index (χ0) is 13.2. The summed E-state index contributed by atoms with van der Waals surface area (Å²) in [4.78, 5) is 0. The third kappa shape index (κ3) is 2.01. The number of nitrogen functional groups attached to an aromatic ring is 1. The summed E-state index contributed by atoms with van der Waals surface area (Å²) in [5, 5.41) is 9.24. The second-order valence-electron chi connectivity index (χ2n) is 4.30. The van der Waals surface area contributed by atoms with Gasteiger partial charge in [-0.3, -0.25) is 5.10 Å². The van der Waals surface area contributed by atoms with E-state index in [1.807, 2.05) is 31.2 Å². The first-order valence-corrected chi connectivity index (χ1v) is 6.25. The smallest absolute Gasteiger partial charge is 0.145 e. The number of hydrogen-bond acceptors (Lipinski definition) is 3. The fourth-order valence-electron chi connectivity index (χ4n) is 2.27. The molecule has 19 heavy (non-hydrogen) atoms. The number of fused-ring (bicyclic) bond motifs is 1. The Morgan fingerprint density at radius 3 is 2.79 bits per heavy atom. The molecule has 0 aliphatic carbocycles. The monoisotopic (exact) mass is 253 g/mol. The molecule has 0 saturated carbocycles. The van der Waals surface area contributed by atoms with Crippen LogP contribution in [0, 0.1) is 0 Å². The molecule has 3 N–H and O–H groups in total. The van der Waals surface area contributed by atoms with Gasteiger partial charge in [0.25, 0.3) is 0 Å². The van der Waals surface area contributed by atoms with Crippen LogP contribution in [0.3, 0.4) is 0 Å². The number of aromatic nitrogens is 2. The molecule has 0 aliphatic heterocycles. The second-order valence-corrected chi connectivity index (χ2v) is 4.30. The number of benzene rings is 2. The number of aromatic amines is 1. The van der Waals surface area contributed by atoms with Gasteiger partial charge in [0.1, 0.15) is 11.6 Å². The summed E-state index contributed by atoms with van der Waals surface area (Å²) in [5.74, 6) is 1.32. The average molecular weight is 253 g/mol. The van der Waals surface area contributed by atoms with Crippen LogP contribution < -0.4 is 10.5 Å². The van der Waals surface area contributed by atoms with Gasteiger partial charge in [-0.1, -0.05) is 30.3 Å². The normalized spacial score (nSPS) is 10.8. The van der Waals surface area contributed by atoms with E-state index in [2.05, 4.69) is 28.4 Å². The van der Waals surface area contributed by atoms with Crippen LogP contribution in [0.25, 0.3) is 22.0 Å². The van der Waals surface area contributed by atoms with E-state index in [0.717, 1.165) is 27.8 Å². The van der Waals surface area contributed by atoms with Gasteiger partial charge >= 0.3 is 0 Å². The third-order valence-corrected chi connectivity index (χ3v) is 3.06. The summed E-state index contributed by atoms with van der Waals surface area (Å²) >= 11 is 0. The Morgan fingerprint density at radius 1 is 1.21 bits per heavy atom. The molecule has 2 aromatic carbocycles. The lowest BCUT2D eigenvalue weighted by Crippen LogP contribution is -1.95. The van der Waals surface area contributed by atoms with Crippen LogP contribution in [0.4, 0.5) is 5.82 Å². The minimum Gasteiger partial charge on any atom is -0.493 e. The van der Waals surface area contributed by atoms with Crippen molar-refractivity contribution in [3.8, 4) is 17.0 Å². The van der Waals surface area contributed by atoms with Crippen LogP contribution in [0.1, 0.15) is 6.92 Å². The van der Waals surface area contributed by atoms with E-state index in [1.165, 1.54) is 0 Å². The topological polar surface area (TPSA) is 63.9 Å². The number of H-pyrrole nitrogens is 1. The molecule has 0 spiro atoms. The van der Waals surface area contributed by atoms with Gasteiger partial charge in [0.15, 0.2) is 0 Å². The Morgan fingerprint density at radius 2 is 2.05 bits per heavy atom. The first-order valence-electron chi connectivity index (χ1n) is 6.25. The summed E-state index contributed by atoms with van der Waals surface area (Å²) in [5.41, 5.74) is 7.58. The number of rotatable bonds is 3. The van der Waals surface area contributed by atoms with Crippen molar-refractivity contribution in [1.82, 2.24) is 10.2 Å². The van der Waals surface area contributed by atoms with Crippen LogP contribution in [-0.2, 0) is 0 Å². The maximum absolute atomic E-state index is 5.72. The lowest BCUT2D eigenvalue weighted by Gasteiger charge is -2.12. The van der Waals surface area contributed by atoms with Gasteiger partial charge in [-0.05, 0) is 23.8 Å². The number of ether oxygens (including phenoxy) is 1. The SMILES string of the molecule is CCOc1ccc2ccccc2c1-c1cc(N)n[nH]1. The largest absolute Gasteiger partial charge is 0.493 e. The highest BCUT2D eigenvalue weighted by atomic mass is 16.5. The van der Waals surface area contributed by atoms with Crippen molar-refractivity contribution in [2.45, 2.75) is 6.92 Å². The van der Waals surface area contributed by atoms with Crippen LogP contribution in [0.15, 0.2) is 42.5 Å². The molecule has 0 saturated heterocycles. The quantitative estimate of drug-likeness (QED) is 0.753. The van der Waals surface area contributed by atoms with E-state index in [-0.39, 0.29) is 0 Å². The van der Waals surface area contributed by atoms with Gasteiger partial charge in [-0.2, -0.15) is 5.10 Å². The van der Waals surface area contributed by atoms with Crippen LogP contribution in [-0.4, -0.2) is 16.8 Å². The van der Waals surface area contributed by atoms with E-state index in [1.54, 1.807) is 0 Å². The van der Waals surface area contributed by atoms with E-state index in [4.69, 9.17) is 10.5 Å².